The summed E-state index contributed by atoms with van der Waals surface area (Å²) in [5.74, 6) is -0.279. The molecule has 0 aromatic heterocycles. The first-order valence-electron chi connectivity index (χ1n) is 7.18. The molecule has 2 heteroatoms. The zero-order chi connectivity index (χ0) is 14.1. The monoisotopic (exact) mass is 260 g/mol. The van der Waals surface area contributed by atoms with E-state index in [-0.39, 0.29) is 0 Å². The van der Waals surface area contributed by atoms with Crippen molar-refractivity contribution in [3.8, 4) is 0 Å². The number of unbranched alkanes of at least 4 members (excludes halogenated alkanes) is 2. The minimum Gasteiger partial charge on any atom is -0.478 e. The second-order valence-electron chi connectivity index (χ2n) is 4.94. The van der Waals surface area contributed by atoms with Crippen molar-refractivity contribution in [3.63, 3.8) is 0 Å². The zero-order valence-electron chi connectivity index (χ0n) is 11.9. The number of carboxylic acid groups (broad SMARTS) is 1. The Morgan fingerprint density at radius 3 is 2.42 bits per heavy atom. The van der Waals surface area contributed by atoms with Gasteiger partial charge >= 0.3 is 5.97 Å². The SMILES string of the molecule is CCCCCC(CC)c1ccc(C=CC(=O)O)cc1. The first-order chi connectivity index (χ1) is 9.17. The maximum Gasteiger partial charge on any atom is 0.328 e. The van der Waals surface area contributed by atoms with Gasteiger partial charge in [0.05, 0.1) is 0 Å². The van der Waals surface area contributed by atoms with Gasteiger partial charge in [0.15, 0.2) is 0 Å². The van der Waals surface area contributed by atoms with E-state index in [1.54, 1.807) is 6.08 Å². The molecule has 1 aromatic rings. The quantitative estimate of drug-likeness (QED) is 0.535. The van der Waals surface area contributed by atoms with Crippen molar-refractivity contribution < 1.29 is 9.90 Å². The summed E-state index contributed by atoms with van der Waals surface area (Å²) >= 11 is 0. The third kappa shape index (κ3) is 5.73. The molecule has 0 aliphatic heterocycles. The van der Waals surface area contributed by atoms with Crippen molar-refractivity contribution in [2.75, 3.05) is 0 Å². The third-order valence-electron chi connectivity index (χ3n) is 3.48. The van der Waals surface area contributed by atoms with Gasteiger partial charge in [-0.1, -0.05) is 57.4 Å². The van der Waals surface area contributed by atoms with Gasteiger partial charge < -0.3 is 5.11 Å². The molecule has 2 nitrogen and oxygen atoms in total. The lowest BCUT2D eigenvalue weighted by Gasteiger charge is -2.15. The number of aliphatic carboxylic acids is 1. The lowest BCUT2D eigenvalue weighted by atomic mass is 9.90. The summed E-state index contributed by atoms with van der Waals surface area (Å²) in [5.41, 5.74) is 2.31. The molecule has 0 fully saturated rings. The molecule has 104 valence electrons. The van der Waals surface area contributed by atoms with Crippen molar-refractivity contribution in [2.24, 2.45) is 0 Å². The summed E-state index contributed by atoms with van der Waals surface area (Å²) in [4.78, 5) is 10.5. The van der Waals surface area contributed by atoms with Crippen LogP contribution in [-0.4, -0.2) is 11.1 Å². The van der Waals surface area contributed by atoms with E-state index < -0.39 is 5.97 Å². The highest BCUT2D eigenvalue weighted by atomic mass is 16.4. The van der Waals surface area contributed by atoms with Crippen molar-refractivity contribution >= 4 is 12.0 Å². The molecule has 1 unspecified atom stereocenters. The van der Waals surface area contributed by atoms with Crippen LogP contribution in [0.25, 0.3) is 6.08 Å². The fourth-order valence-electron chi connectivity index (χ4n) is 2.29. The molecular weight excluding hydrogens is 236 g/mol. The Bertz CT molecular complexity index is 404. The average Bonchev–Trinajstić information content (AvgIpc) is 2.42. The molecule has 19 heavy (non-hydrogen) atoms. The fourth-order valence-corrected chi connectivity index (χ4v) is 2.29. The van der Waals surface area contributed by atoms with Gasteiger partial charge in [-0.25, -0.2) is 4.79 Å². The Kier molecular flexibility index (Phi) is 6.94. The minimum atomic E-state index is -0.907. The Balaban J connectivity index is 2.64. The number of rotatable bonds is 8. The highest BCUT2D eigenvalue weighted by Crippen LogP contribution is 2.26. The van der Waals surface area contributed by atoms with Gasteiger partial charge in [-0.2, -0.15) is 0 Å². The summed E-state index contributed by atoms with van der Waals surface area (Å²) in [5, 5.41) is 8.59. The van der Waals surface area contributed by atoms with Gasteiger partial charge in [0, 0.05) is 6.08 Å². The number of hydrogen-bond donors (Lipinski definition) is 1. The largest absolute Gasteiger partial charge is 0.478 e. The first kappa shape index (κ1) is 15.5. The van der Waals surface area contributed by atoms with Crippen LogP contribution < -0.4 is 0 Å². The molecule has 1 rings (SSSR count). The Morgan fingerprint density at radius 2 is 1.89 bits per heavy atom. The summed E-state index contributed by atoms with van der Waals surface area (Å²) in [7, 11) is 0. The third-order valence-corrected chi connectivity index (χ3v) is 3.48. The average molecular weight is 260 g/mol. The summed E-state index contributed by atoms with van der Waals surface area (Å²) in [6.45, 7) is 4.46. The molecule has 0 aliphatic rings. The highest BCUT2D eigenvalue weighted by molar-refractivity contribution is 5.85. The smallest absolute Gasteiger partial charge is 0.328 e. The minimum absolute atomic E-state index is 0.629. The Hall–Kier alpha value is -1.57. The van der Waals surface area contributed by atoms with Gasteiger partial charge in [0.1, 0.15) is 0 Å². The molecule has 0 saturated carbocycles. The summed E-state index contributed by atoms with van der Waals surface area (Å²) < 4.78 is 0. The van der Waals surface area contributed by atoms with Crippen LogP contribution in [0.5, 0.6) is 0 Å². The maximum absolute atomic E-state index is 10.5. The van der Waals surface area contributed by atoms with E-state index >= 15 is 0 Å². The van der Waals surface area contributed by atoms with E-state index in [2.05, 4.69) is 26.0 Å². The van der Waals surface area contributed by atoms with E-state index in [4.69, 9.17) is 5.11 Å². The predicted molar refractivity (Wildman–Crippen MR) is 80.3 cm³/mol. The van der Waals surface area contributed by atoms with E-state index in [1.807, 2.05) is 12.1 Å². The van der Waals surface area contributed by atoms with E-state index in [9.17, 15) is 4.79 Å². The van der Waals surface area contributed by atoms with Crippen LogP contribution in [0.3, 0.4) is 0 Å². The van der Waals surface area contributed by atoms with Crippen LogP contribution in [-0.2, 0) is 4.79 Å². The lowest BCUT2D eigenvalue weighted by molar-refractivity contribution is -0.131. The number of hydrogen-bond acceptors (Lipinski definition) is 1. The number of carbonyl (C=O) groups is 1. The van der Waals surface area contributed by atoms with Crippen LogP contribution >= 0.6 is 0 Å². The number of carboxylic acids is 1. The van der Waals surface area contributed by atoms with Crippen LogP contribution in [0.4, 0.5) is 0 Å². The van der Waals surface area contributed by atoms with Crippen LogP contribution in [0.2, 0.25) is 0 Å². The highest BCUT2D eigenvalue weighted by Gasteiger charge is 2.08. The fraction of sp³-hybridized carbons (Fsp3) is 0.471. The van der Waals surface area contributed by atoms with Crippen molar-refractivity contribution in [1.82, 2.24) is 0 Å². The molecule has 1 N–H and O–H groups in total. The van der Waals surface area contributed by atoms with Gasteiger partial charge in [-0.05, 0) is 36.0 Å². The summed E-state index contributed by atoms with van der Waals surface area (Å²) in [6, 6.07) is 8.25. The van der Waals surface area contributed by atoms with Gasteiger partial charge in [-0.3, -0.25) is 0 Å². The predicted octanol–water partition coefficient (Wildman–Crippen LogP) is 4.86. The van der Waals surface area contributed by atoms with Crippen LogP contribution in [0, 0.1) is 0 Å². The summed E-state index contributed by atoms with van der Waals surface area (Å²) in [6.07, 6.45) is 9.06. The van der Waals surface area contributed by atoms with Gasteiger partial charge in [0.25, 0.3) is 0 Å². The molecule has 0 amide bonds. The Labute approximate surface area is 116 Å². The van der Waals surface area contributed by atoms with E-state index in [0.717, 1.165) is 12.0 Å². The standard InChI is InChI=1S/C17H24O2/c1-3-5-6-7-15(4-2)16-11-8-14(9-12-16)10-13-17(18)19/h8-13,15H,3-7H2,1-2H3,(H,18,19). The molecule has 1 atom stereocenters. The zero-order valence-corrected chi connectivity index (χ0v) is 11.9. The molecule has 0 bridgehead atoms. The topological polar surface area (TPSA) is 37.3 Å². The molecule has 0 spiro atoms. The van der Waals surface area contributed by atoms with Crippen molar-refractivity contribution in [1.29, 1.82) is 0 Å². The normalized spacial score (nSPS) is 12.7. The maximum atomic E-state index is 10.5. The van der Waals surface area contributed by atoms with Crippen LogP contribution in [0.1, 0.15) is 63.0 Å². The molecule has 0 radical (unpaired) electrons. The van der Waals surface area contributed by atoms with Crippen LogP contribution in [0.15, 0.2) is 30.3 Å². The van der Waals surface area contributed by atoms with E-state index in [0.29, 0.717) is 5.92 Å². The van der Waals surface area contributed by atoms with Gasteiger partial charge in [0.2, 0.25) is 0 Å². The number of benzene rings is 1. The lowest BCUT2D eigenvalue weighted by Crippen LogP contribution is -1.97. The van der Waals surface area contributed by atoms with Gasteiger partial charge in [-0.15, -0.1) is 0 Å². The second kappa shape index (κ2) is 8.52. The molecule has 1 aromatic carbocycles. The van der Waals surface area contributed by atoms with E-state index in [1.165, 1.54) is 37.3 Å². The Morgan fingerprint density at radius 1 is 1.21 bits per heavy atom. The van der Waals surface area contributed by atoms with Crippen molar-refractivity contribution in [3.05, 3.63) is 41.5 Å². The molecular formula is C17H24O2. The molecule has 0 heterocycles. The van der Waals surface area contributed by atoms with Crippen molar-refractivity contribution in [2.45, 2.75) is 51.9 Å². The molecule has 0 aliphatic carbocycles. The first-order valence-corrected chi connectivity index (χ1v) is 7.18. The molecule has 0 saturated heterocycles. The second-order valence-corrected chi connectivity index (χ2v) is 4.94.